The summed E-state index contributed by atoms with van der Waals surface area (Å²) in [4.78, 5) is 28.5. The number of unbranched alkanes of at least 4 members (excludes halogenated alkanes) is 1. The van der Waals surface area contributed by atoms with Gasteiger partial charge in [0.2, 0.25) is 11.8 Å². The molecular weight excluding hydrogens is 510 g/mol. The van der Waals surface area contributed by atoms with Crippen molar-refractivity contribution in [1.82, 2.24) is 10.2 Å². The molecule has 0 saturated carbocycles. The molecule has 0 bridgehead atoms. The third-order valence-electron chi connectivity index (χ3n) is 6.71. The molecule has 0 unspecified atom stereocenters. The molecule has 8 heteroatoms. The maximum atomic E-state index is 13.9. The smallest absolute Gasteiger partial charge is 0.264 e. The molecule has 0 heterocycles. The van der Waals surface area contributed by atoms with E-state index in [0.717, 1.165) is 33.8 Å². The van der Waals surface area contributed by atoms with Gasteiger partial charge in [0.15, 0.2) is 0 Å². The van der Waals surface area contributed by atoms with Crippen LogP contribution in [-0.4, -0.2) is 50.8 Å². The molecule has 3 aromatic carbocycles. The molecule has 0 radical (unpaired) electrons. The average Bonchev–Trinajstić information content (AvgIpc) is 2.93. The van der Waals surface area contributed by atoms with Crippen LogP contribution in [0, 0.1) is 13.8 Å². The molecule has 3 aromatic rings. The summed E-state index contributed by atoms with van der Waals surface area (Å²) in [5.74, 6) is -0.697. The zero-order chi connectivity index (χ0) is 28.4. The van der Waals surface area contributed by atoms with Crippen LogP contribution in [0.5, 0.6) is 0 Å². The fraction of sp³-hybridized carbons (Fsp3) is 0.355. The normalized spacial score (nSPS) is 12.0. The van der Waals surface area contributed by atoms with Crippen LogP contribution >= 0.6 is 0 Å². The molecule has 0 aliphatic heterocycles. The van der Waals surface area contributed by atoms with Crippen LogP contribution < -0.4 is 9.62 Å². The first-order chi connectivity index (χ1) is 18.6. The van der Waals surface area contributed by atoms with Gasteiger partial charge in [-0.25, -0.2) is 8.42 Å². The minimum atomic E-state index is -4.06. The molecule has 208 valence electrons. The maximum absolute atomic E-state index is 13.9. The van der Waals surface area contributed by atoms with Gasteiger partial charge in [0.25, 0.3) is 10.0 Å². The summed E-state index contributed by atoms with van der Waals surface area (Å²) in [6.45, 7) is 7.87. The van der Waals surface area contributed by atoms with Crippen molar-refractivity contribution in [3.05, 3.63) is 95.6 Å². The predicted octanol–water partition coefficient (Wildman–Crippen LogP) is 4.87. The molecule has 1 N–H and O–H groups in total. The van der Waals surface area contributed by atoms with E-state index in [1.54, 1.807) is 31.2 Å². The number of nitrogens with zero attached hydrogens (tertiary/aromatic N) is 2. The Kier molecular flexibility index (Phi) is 10.7. The minimum absolute atomic E-state index is 0.0963. The van der Waals surface area contributed by atoms with E-state index in [4.69, 9.17) is 0 Å². The van der Waals surface area contributed by atoms with Crippen LogP contribution in [0.2, 0.25) is 0 Å². The van der Waals surface area contributed by atoms with Crippen LogP contribution in [0.4, 0.5) is 5.69 Å². The van der Waals surface area contributed by atoms with E-state index in [2.05, 4.69) is 5.32 Å². The van der Waals surface area contributed by atoms with Crippen molar-refractivity contribution in [2.75, 3.05) is 23.9 Å². The van der Waals surface area contributed by atoms with Gasteiger partial charge in [0.05, 0.1) is 10.6 Å². The number of amides is 2. The molecule has 39 heavy (non-hydrogen) atoms. The Hall–Kier alpha value is -3.65. The lowest BCUT2D eigenvalue weighted by Crippen LogP contribution is -2.52. The fourth-order valence-electron chi connectivity index (χ4n) is 4.42. The Bertz CT molecular complexity index is 1340. The molecule has 0 saturated heterocycles. The first-order valence-corrected chi connectivity index (χ1v) is 14.8. The van der Waals surface area contributed by atoms with Gasteiger partial charge < -0.3 is 10.2 Å². The number of hydrogen-bond acceptors (Lipinski definition) is 4. The van der Waals surface area contributed by atoms with Crippen molar-refractivity contribution >= 4 is 27.5 Å². The maximum Gasteiger partial charge on any atom is 0.264 e. The van der Waals surface area contributed by atoms with Crippen molar-refractivity contribution in [3.8, 4) is 0 Å². The second-order valence-corrected chi connectivity index (χ2v) is 11.6. The minimum Gasteiger partial charge on any atom is -0.354 e. The highest BCUT2D eigenvalue weighted by Crippen LogP contribution is 2.28. The van der Waals surface area contributed by atoms with Crippen LogP contribution in [0.25, 0.3) is 0 Å². The quantitative estimate of drug-likeness (QED) is 0.308. The number of carbonyl (C=O) groups is 2. The molecule has 0 aromatic heterocycles. The van der Waals surface area contributed by atoms with Crippen LogP contribution in [0.1, 0.15) is 43.4 Å². The van der Waals surface area contributed by atoms with Crippen molar-refractivity contribution < 1.29 is 18.0 Å². The summed E-state index contributed by atoms with van der Waals surface area (Å²) < 4.78 is 28.9. The van der Waals surface area contributed by atoms with Crippen LogP contribution in [0.15, 0.2) is 83.8 Å². The zero-order valence-corrected chi connectivity index (χ0v) is 24.1. The van der Waals surface area contributed by atoms with Crippen molar-refractivity contribution in [3.63, 3.8) is 0 Å². The molecule has 2 amide bonds. The van der Waals surface area contributed by atoms with Gasteiger partial charge in [-0.2, -0.15) is 0 Å². The Labute approximate surface area is 232 Å². The summed E-state index contributed by atoms with van der Waals surface area (Å²) in [6, 6.07) is 22.5. The highest BCUT2D eigenvalue weighted by molar-refractivity contribution is 7.92. The highest BCUT2D eigenvalue weighted by atomic mass is 32.2. The second kappa shape index (κ2) is 13.9. The Morgan fingerprint density at radius 3 is 2.18 bits per heavy atom. The lowest BCUT2D eigenvalue weighted by atomic mass is 10.1. The van der Waals surface area contributed by atoms with Gasteiger partial charge in [-0.05, 0) is 62.9 Å². The van der Waals surface area contributed by atoms with Crippen molar-refractivity contribution in [1.29, 1.82) is 0 Å². The third kappa shape index (κ3) is 7.93. The fourth-order valence-corrected chi connectivity index (χ4v) is 5.92. The predicted molar refractivity (Wildman–Crippen MR) is 156 cm³/mol. The number of aryl methyl sites for hydroxylation is 2. The lowest BCUT2D eigenvalue weighted by molar-refractivity contribution is -0.138. The van der Waals surface area contributed by atoms with Gasteiger partial charge in [0, 0.05) is 13.1 Å². The van der Waals surface area contributed by atoms with Gasteiger partial charge in [-0.1, -0.05) is 79.6 Å². The number of nitrogens with one attached hydrogen (secondary N) is 1. The average molecular weight is 550 g/mol. The topological polar surface area (TPSA) is 86.8 Å². The van der Waals surface area contributed by atoms with E-state index in [9.17, 15) is 18.0 Å². The molecular formula is C31H39N3O4S. The van der Waals surface area contributed by atoms with Crippen LogP contribution in [-0.2, 0) is 26.0 Å². The van der Waals surface area contributed by atoms with E-state index >= 15 is 0 Å². The third-order valence-corrected chi connectivity index (χ3v) is 8.49. The van der Waals surface area contributed by atoms with Gasteiger partial charge >= 0.3 is 0 Å². The molecule has 0 spiro atoms. The number of anilines is 1. The Balaban J connectivity index is 1.97. The molecule has 0 aliphatic carbocycles. The number of carbonyl (C=O) groups excluding carboxylic acids is 2. The lowest BCUT2D eigenvalue weighted by Gasteiger charge is -2.32. The van der Waals surface area contributed by atoms with Crippen LogP contribution in [0.3, 0.4) is 0 Å². The molecule has 7 nitrogen and oxygen atoms in total. The summed E-state index contributed by atoms with van der Waals surface area (Å²) in [5, 5.41) is 2.91. The van der Waals surface area contributed by atoms with E-state index in [-0.39, 0.29) is 17.3 Å². The molecule has 1 atom stereocenters. The van der Waals surface area contributed by atoms with Crippen molar-refractivity contribution in [2.45, 2.75) is 57.9 Å². The van der Waals surface area contributed by atoms with E-state index in [1.165, 1.54) is 17.0 Å². The molecule has 3 rings (SSSR count). The van der Waals surface area contributed by atoms with Crippen molar-refractivity contribution in [2.24, 2.45) is 0 Å². The monoisotopic (exact) mass is 549 g/mol. The van der Waals surface area contributed by atoms with Gasteiger partial charge in [0.1, 0.15) is 12.6 Å². The Morgan fingerprint density at radius 1 is 0.923 bits per heavy atom. The first kappa shape index (κ1) is 29.9. The number of rotatable bonds is 13. The van der Waals surface area contributed by atoms with Gasteiger partial charge in [-0.3, -0.25) is 13.9 Å². The summed E-state index contributed by atoms with van der Waals surface area (Å²) in [7, 11) is -4.06. The second-order valence-electron chi connectivity index (χ2n) is 9.76. The molecule has 0 aliphatic rings. The number of hydrogen-bond donors (Lipinski definition) is 1. The standard InChI is InChI=1S/C31H39N3O4S/c1-5-6-20-32-31(36)26(4)33(21-19-27-13-9-7-10-14-27)30(35)23-34(29-18-17-24(2)22-25(29)3)39(37,38)28-15-11-8-12-16-28/h7-18,22,26H,5-6,19-21,23H2,1-4H3,(H,32,36)/t26-/m0/s1. The van der Waals surface area contributed by atoms with E-state index in [0.29, 0.717) is 18.7 Å². The van der Waals surface area contributed by atoms with E-state index < -0.39 is 28.5 Å². The molecule has 0 fully saturated rings. The summed E-state index contributed by atoms with van der Waals surface area (Å²) in [5.41, 5.74) is 3.18. The Morgan fingerprint density at radius 2 is 1.56 bits per heavy atom. The summed E-state index contributed by atoms with van der Waals surface area (Å²) in [6.07, 6.45) is 2.31. The number of benzene rings is 3. The summed E-state index contributed by atoms with van der Waals surface area (Å²) >= 11 is 0. The van der Waals surface area contributed by atoms with Gasteiger partial charge in [-0.15, -0.1) is 0 Å². The largest absolute Gasteiger partial charge is 0.354 e. The zero-order valence-electron chi connectivity index (χ0n) is 23.3. The SMILES string of the molecule is CCCCNC(=O)[C@H](C)N(CCc1ccccc1)C(=O)CN(c1ccc(C)cc1C)S(=O)(=O)c1ccccc1. The highest BCUT2D eigenvalue weighted by Gasteiger charge is 2.32. The van der Waals surface area contributed by atoms with E-state index in [1.807, 2.05) is 63.2 Å². The number of sulfonamides is 1. The first-order valence-electron chi connectivity index (χ1n) is 13.4.